The quantitative estimate of drug-likeness (QED) is 0.190. The van der Waals surface area contributed by atoms with Gasteiger partial charge in [-0.1, -0.05) is 6.07 Å². The molecule has 0 spiro atoms. The van der Waals surface area contributed by atoms with E-state index in [2.05, 4.69) is 21.3 Å². The molecule has 0 aliphatic carbocycles. The number of ether oxygens (including phenoxy) is 2. The molecule has 1 saturated heterocycles. The molecule has 1 aliphatic rings. The lowest BCUT2D eigenvalue weighted by atomic mass is 9.96. The second kappa shape index (κ2) is 11.0. The number of carbonyl (C=O) groups is 1. The molecule has 4 rings (SSSR count). The van der Waals surface area contributed by atoms with Crippen molar-refractivity contribution in [2.75, 3.05) is 20.8 Å². The molecule has 0 bridgehead atoms. The largest absolute Gasteiger partial charge is 0.494 e. The van der Waals surface area contributed by atoms with Crippen LogP contribution in [0, 0.1) is 24.0 Å². The third-order valence-corrected chi connectivity index (χ3v) is 6.96. The number of benzene rings is 1. The van der Waals surface area contributed by atoms with Gasteiger partial charge >= 0.3 is 5.97 Å². The Balaban J connectivity index is 1.79. The summed E-state index contributed by atoms with van der Waals surface area (Å²) in [6, 6.07) is 12.1. The maximum atomic E-state index is 11.7. The summed E-state index contributed by atoms with van der Waals surface area (Å²) in [5.41, 5.74) is 4.42. The molecule has 0 radical (unpaired) electrons. The van der Waals surface area contributed by atoms with Gasteiger partial charge in [-0.25, -0.2) is 0 Å². The van der Waals surface area contributed by atoms with Crippen molar-refractivity contribution in [1.82, 2.24) is 19.8 Å². The molecule has 10 nitrogen and oxygen atoms in total. The minimum atomic E-state index is -0.443. The first-order chi connectivity index (χ1) is 17.8. The third kappa shape index (κ3) is 5.12. The Labute approximate surface area is 220 Å². The fourth-order valence-corrected chi connectivity index (χ4v) is 5.23. The standard InChI is InChI=1S/C26H29N5O5S/c1-16-14-19(17(2)30(16)21-11-10-18(31(33)34)15-22(21)35-3)25-24(20-8-5-6-12-27-20)28-26(37)29(25)13-7-9-23(32)36-4/h5-6,8,10-12,14-15,24-25H,7,9,13H2,1-4H3,(H,28,37). The van der Waals surface area contributed by atoms with Crippen LogP contribution < -0.4 is 10.1 Å². The molecule has 3 aromatic rings. The van der Waals surface area contributed by atoms with Gasteiger partial charge in [0.25, 0.3) is 5.69 Å². The summed E-state index contributed by atoms with van der Waals surface area (Å²) in [6.07, 6.45) is 2.62. The van der Waals surface area contributed by atoms with Gasteiger partial charge in [-0.05, 0) is 62.3 Å². The van der Waals surface area contributed by atoms with Crippen molar-refractivity contribution in [3.63, 3.8) is 0 Å². The molecule has 37 heavy (non-hydrogen) atoms. The normalized spacial score (nSPS) is 17.0. The molecule has 11 heteroatoms. The van der Waals surface area contributed by atoms with E-state index < -0.39 is 4.92 Å². The Hall–Kier alpha value is -3.99. The summed E-state index contributed by atoms with van der Waals surface area (Å²) in [6.45, 7) is 4.54. The molecule has 0 amide bonds. The van der Waals surface area contributed by atoms with E-state index >= 15 is 0 Å². The number of carbonyl (C=O) groups excluding carboxylic acids is 1. The fourth-order valence-electron chi connectivity index (χ4n) is 4.90. The molecule has 1 aliphatic heterocycles. The minimum Gasteiger partial charge on any atom is -0.494 e. The SMILES string of the molecule is COC(=O)CCCN1C(=S)NC(c2ccccn2)C1c1cc(C)n(-c2ccc([N+](=O)[O-])cc2OC)c1C. The van der Waals surface area contributed by atoms with E-state index in [-0.39, 0.29) is 30.2 Å². The van der Waals surface area contributed by atoms with Gasteiger partial charge in [0.15, 0.2) is 5.11 Å². The number of thiocarbonyl (C=S) groups is 1. The summed E-state index contributed by atoms with van der Waals surface area (Å²) < 4.78 is 12.4. The van der Waals surface area contributed by atoms with Crippen LogP contribution >= 0.6 is 12.2 Å². The summed E-state index contributed by atoms with van der Waals surface area (Å²) in [5, 5.41) is 15.3. The van der Waals surface area contributed by atoms with E-state index in [1.54, 1.807) is 12.3 Å². The van der Waals surface area contributed by atoms with Crippen LogP contribution in [0.25, 0.3) is 5.69 Å². The average molecular weight is 524 g/mol. The molecule has 0 saturated carbocycles. The molecular formula is C26H29N5O5S. The summed E-state index contributed by atoms with van der Waals surface area (Å²) in [4.78, 5) is 29.3. The number of rotatable bonds is 9. The summed E-state index contributed by atoms with van der Waals surface area (Å²) in [7, 11) is 2.88. The average Bonchev–Trinajstić information content (AvgIpc) is 3.38. The van der Waals surface area contributed by atoms with Crippen molar-refractivity contribution >= 4 is 29.0 Å². The van der Waals surface area contributed by atoms with E-state index in [1.165, 1.54) is 26.4 Å². The van der Waals surface area contributed by atoms with E-state index in [1.807, 2.05) is 36.6 Å². The van der Waals surface area contributed by atoms with Crippen LogP contribution in [0.15, 0.2) is 48.7 Å². The highest BCUT2D eigenvalue weighted by Crippen LogP contribution is 2.42. The van der Waals surface area contributed by atoms with Crippen LogP contribution in [0.5, 0.6) is 5.75 Å². The highest BCUT2D eigenvalue weighted by Gasteiger charge is 2.41. The zero-order chi connectivity index (χ0) is 26.7. The second-order valence-corrected chi connectivity index (χ2v) is 9.16. The van der Waals surface area contributed by atoms with Crippen molar-refractivity contribution < 1.29 is 19.2 Å². The number of nitro groups is 1. The second-order valence-electron chi connectivity index (χ2n) is 8.77. The van der Waals surface area contributed by atoms with Gasteiger partial charge in [0.2, 0.25) is 0 Å². The molecular weight excluding hydrogens is 494 g/mol. The molecule has 1 fully saturated rings. The van der Waals surface area contributed by atoms with Gasteiger partial charge in [0.1, 0.15) is 5.75 Å². The molecule has 1 N–H and O–H groups in total. The van der Waals surface area contributed by atoms with Crippen LogP contribution in [0.2, 0.25) is 0 Å². The number of pyridine rings is 1. The number of methoxy groups -OCH3 is 2. The lowest BCUT2D eigenvalue weighted by Gasteiger charge is -2.28. The summed E-state index contributed by atoms with van der Waals surface area (Å²) in [5.74, 6) is 0.137. The molecule has 2 atom stereocenters. The Morgan fingerprint density at radius 1 is 1.22 bits per heavy atom. The fraction of sp³-hybridized carbons (Fsp3) is 0.346. The predicted octanol–water partition coefficient (Wildman–Crippen LogP) is 4.33. The van der Waals surface area contributed by atoms with Gasteiger partial charge < -0.3 is 24.3 Å². The molecule has 194 valence electrons. The summed E-state index contributed by atoms with van der Waals surface area (Å²) >= 11 is 5.74. The highest BCUT2D eigenvalue weighted by molar-refractivity contribution is 7.80. The first-order valence-electron chi connectivity index (χ1n) is 11.8. The zero-order valence-electron chi connectivity index (χ0n) is 21.1. The number of non-ortho nitro benzene ring substituents is 1. The van der Waals surface area contributed by atoms with Crippen molar-refractivity contribution in [2.45, 2.75) is 38.8 Å². The molecule has 1 aromatic carbocycles. The molecule has 2 unspecified atom stereocenters. The van der Waals surface area contributed by atoms with Crippen LogP contribution in [0.1, 0.15) is 47.6 Å². The van der Waals surface area contributed by atoms with Gasteiger partial charge in [-0.2, -0.15) is 0 Å². The number of hydrogen-bond acceptors (Lipinski definition) is 7. The smallest absolute Gasteiger partial charge is 0.305 e. The number of nitro benzene ring substituents is 1. The van der Waals surface area contributed by atoms with Crippen molar-refractivity contribution in [2.24, 2.45) is 0 Å². The maximum absolute atomic E-state index is 11.7. The molecule has 3 heterocycles. The Morgan fingerprint density at radius 2 is 2.00 bits per heavy atom. The maximum Gasteiger partial charge on any atom is 0.305 e. The lowest BCUT2D eigenvalue weighted by Crippen LogP contribution is -2.31. The highest BCUT2D eigenvalue weighted by atomic mass is 32.1. The number of esters is 1. The topological polar surface area (TPSA) is 112 Å². The Bertz CT molecular complexity index is 1330. The van der Waals surface area contributed by atoms with Gasteiger partial charge in [-0.15, -0.1) is 0 Å². The first-order valence-corrected chi connectivity index (χ1v) is 12.2. The number of aromatic nitrogens is 2. The van der Waals surface area contributed by atoms with E-state index in [0.717, 1.165) is 22.6 Å². The minimum absolute atomic E-state index is 0.0411. The van der Waals surface area contributed by atoms with Gasteiger partial charge in [-0.3, -0.25) is 19.9 Å². The zero-order valence-corrected chi connectivity index (χ0v) is 21.9. The van der Waals surface area contributed by atoms with Gasteiger partial charge in [0, 0.05) is 36.6 Å². The van der Waals surface area contributed by atoms with E-state index in [4.69, 9.17) is 21.7 Å². The first kappa shape index (κ1) is 26.1. The Morgan fingerprint density at radius 3 is 2.65 bits per heavy atom. The van der Waals surface area contributed by atoms with E-state index in [9.17, 15) is 14.9 Å². The predicted molar refractivity (Wildman–Crippen MR) is 142 cm³/mol. The number of nitrogens with one attached hydrogen (secondary N) is 1. The molecule has 2 aromatic heterocycles. The van der Waals surface area contributed by atoms with Crippen LogP contribution in [0.4, 0.5) is 5.69 Å². The van der Waals surface area contributed by atoms with Crippen LogP contribution in [-0.4, -0.2) is 51.2 Å². The third-order valence-electron chi connectivity index (χ3n) is 6.61. The van der Waals surface area contributed by atoms with Crippen molar-refractivity contribution in [3.05, 3.63) is 81.4 Å². The number of hydrogen-bond donors (Lipinski definition) is 1. The number of aryl methyl sites for hydroxylation is 1. The van der Waals surface area contributed by atoms with Crippen molar-refractivity contribution in [3.8, 4) is 11.4 Å². The van der Waals surface area contributed by atoms with Crippen LogP contribution in [0.3, 0.4) is 0 Å². The van der Waals surface area contributed by atoms with Crippen LogP contribution in [-0.2, 0) is 9.53 Å². The lowest BCUT2D eigenvalue weighted by molar-refractivity contribution is -0.384. The van der Waals surface area contributed by atoms with E-state index in [0.29, 0.717) is 29.5 Å². The Kier molecular flexibility index (Phi) is 7.72. The monoisotopic (exact) mass is 523 g/mol. The number of nitrogens with zero attached hydrogens (tertiary/aromatic N) is 4. The van der Waals surface area contributed by atoms with Crippen molar-refractivity contribution in [1.29, 1.82) is 0 Å². The van der Waals surface area contributed by atoms with Gasteiger partial charge in [0.05, 0.1) is 48.7 Å².